The summed E-state index contributed by atoms with van der Waals surface area (Å²) in [5.74, 6) is -1.02. The Morgan fingerprint density at radius 1 is 1.22 bits per heavy atom. The zero-order chi connectivity index (χ0) is 19.4. The molecule has 0 spiro atoms. The molecule has 1 amide bonds. The van der Waals surface area contributed by atoms with Crippen molar-refractivity contribution in [1.82, 2.24) is 19.4 Å². The molecule has 0 aliphatic carbocycles. The van der Waals surface area contributed by atoms with Crippen LogP contribution in [0.3, 0.4) is 0 Å². The van der Waals surface area contributed by atoms with E-state index in [1.807, 2.05) is 51.1 Å². The molecule has 1 N–H and O–H groups in total. The summed E-state index contributed by atoms with van der Waals surface area (Å²) < 4.78 is 10.6. The zero-order valence-corrected chi connectivity index (χ0v) is 16.0. The number of aromatic nitrogens is 4. The number of rotatable bonds is 6. The van der Waals surface area contributed by atoms with Crippen LogP contribution < -0.4 is 5.32 Å². The van der Waals surface area contributed by atoms with Gasteiger partial charge in [-0.1, -0.05) is 29.6 Å². The third kappa shape index (κ3) is 4.03. The molecular formula is C18H19N5O3S. The van der Waals surface area contributed by atoms with Crippen molar-refractivity contribution >= 4 is 29.1 Å². The largest absolute Gasteiger partial charge is 0.451 e. The van der Waals surface area contributed by atoms with Gasteiger partial charge in [0, 0.05) is 0 Å². The van der Waals surface area contributed by atoms with Crippen LogP contribution in [0.1, 0.15) is 33.7 Å². The van der Waals surface area contributed by atoms with Crippen molar-refractivity contribution in [3.05, 3.63) is 52.3 Å². The number of anilines is 1. The molecular weight excluding hydrogens is 366 g/mol. The highest BCUT2D eigenvalue weighted by molar-refractivity contribution is 7.07. The summed E-state index contributed by atoms with van der Waals surface area (Å²) >= 11 is 0.963. The zero-order valence-electron chi connectivity index (χ0n) is 15.2. The van der Waals surface area contributed by atoms with Crippen molar-refractivity contribution in [2.75, 3.05) is 11.9 Å². The molecule has 0 bridgehead atoms. The lowest BCUT2D eigenvalue weighted by molar-refractivity contribution is -0.119. The number of hydrogen-bond donors (Lipinski definition) is 1. The topological polar surface area (TPSA) is 99.0 Å². The van der Waals surface area contributed by atoms with Gasteiger partial charge in [-0.2, -0.15) is 5.10 Å². The number of hydrogen-bond acceptors (Lipinski definition) is 7. The molecule has 1 aromatic carbocycles. The maximum Gasteiger partial charge on any atom is 0.352 e. The molecule has 2 heterocycles. The van der Waals surface area contributed by atoms with Gasteiger partial charge in [-0.15, -0.1) is 5.10 Å². The van der Waals surface area contributed by atoms with Crippen LogP contribution in [0.5, 0.6) is 0 Å². The van der Waals surface area contributed by atoms with Gasteiger partial charge in [0.2, 0.25) is 0 Å². The van der Waals surface area contributed by atoms with Gasteiger partial charge in [0.25, 0.3) is 5.91 Å². The second-order valence-corrected chi connectivity index (χ2v) is 6.57. The van der Waals surface area contributed by atoms with Crippen LogP contribution in [-0.4, -0.2) is 37.9 Å². The number of aryl methyl sites for hydroxylation is 2. The highest BCUT2D eigenvalue weighted by Gasteiger charge is 2.19. The Bertz CT molecular complexity index is 965. The van der Waals surface area contributed by atoms with Crippen molar-refractivity contribution in [1.29, 1.82) is 0 Å². The fraction of sp³-hybridized carbons (Fsp3) is 0.278. The Morgan fingerprint density at radius 3 is 2.67 bits per heavy atom. The van der Waals surface area contributed by atoms with Crippen molar-refractivity contribution in [2.45, 2.75) is 27.2 Å². The standard InChI is InChI=1S/C18H19N5O3S/c1-4-14-17(27-22-20-14)18(25)26-10-15(24)19-16-11(2)21-23(12(16)3)13-8-6-5-7-9-13/h5-9H,4,10H2,1-3H3,(H,19,24). The maximum atomic E-state index is 12.2. The predicted molar refractivity (Wildman–Crippen MR) is 101 cm³/mol. The van der Waals surface area contributed by atoms with Crippen LogP contribution >= 0.6 is 11.5 Å². The third-order valence-corrected chi connectivity index (χ3v) is 4.72. The number of carbonyl (C=O) groups excluding carboxylic acids is 2. The van der Waals surface area contributed by atoms with Crippen LogP contribution in [0.15, 0.2) is 30.3 Å². The monoisotopic (exact) mass is 385 g/mol. The summed E-state index contributed by atoms with van der Waals surface area (Å²) in [6.45, 7) is 5.15. The minimum atomic E-state index is -0.592. The van der Waals surface area contributed by atoms with Crippen molar-refractivity contribution in [3.63, 3.8) is 0 Å². The van der Waals surface area contributed by atoms with Gasteiger partial charge in [-0.3, -0.25) is 4.79 Å². The molecule has 0 fully saturated rings. The predicted octanol–water partition coefficient (Wildman–Crippen LogP) is 2.70. The molecule has 0 radical (unpaired) electrons. The third-order valence-electron chi connectivity index (χ3n) is 3.97. The normalized spacial score (nSPS) is 10.6. The quantitative estimate of drug-likeness (QED) is 0.655. The average Bonchev–Trinajstić information content (AvgIpc) is 3.27. The fourth-order valence-electron chi connectivity index (χ4n) is 2.61. The van der Waals surface area contributed by atoms with E-state index in [-0.39, 0.29) is 0 Å². The molecule has 0 atom stereocenters. The number of nitrogens with one attached hydrogen (secondary N) is 1. The first-order valence-electron chi connectivity index (χ1n) is 8.41. The minimum absolute atomic E-state index is 0.328. The van der Waals surface area contributed by atoms with Gasteiger partial charge < -0.3 is 10.1 Å². The number of benzene rings is 1. The first-order valence-corrected chi connectivity index (χ1v) is 9.18. The molecule has 9 heteroatoms. The Morgan fingerprint density at radius 2 is 1.96 bits per heavy atom. The minimum Gasteiger partial charge on any atom is -0.451 e. The van der Waals surface area contributed by atoms with E-state index in [0.717, 1.165) is 22.9 Å². The Hall–Kier alpha value is -3.07. The van der Waals surface area contributed by atoms with Crippen molar-refractivity contribution in [2.24, 2.45) is 0 Å². The number of esters is 1. The van der Waals surface area contributed by atoms with Crippen LogP contribution in [0.4, 0.5) is 5.69 Å². The van der Waals surface area contributed by atoms with E-state index in [0.29, 0.717) is 28.4 Å². The van der Waals surface area contributed by atoms with E-state index in [9.17, 15) is 9.59 Å². The molecule has 0 unspecified atom stereocenters. The molecule has 0 aliphatic rings. The smallest absolute Gasteiger partial charge is 0.352 e. The van der Waals surface area contributed by atoms with Gasteiger partial charge in [-0.05, 0) is 43.9 Å². The summed E-state index contributed by atoms with van der Waals surface area (Å²) in [6.07, 6.45) is 0.574. The van der Waals surface area contributed by atoms with Crippen LogP contribution in [0.25, 0.3) is 5.69 Å². The lowest BCUT2D eigenvalue weighted by Gasteiger charge is -2.07. The summed E-state index contributed by atoms with van der Waals surface area (Å²) in [5.41, 5.74) is 3.54. The summed E-state index contributed by atoms with van der Waals surface area (Å²) in [6, 6.07) is 9.63. The van der Waals surface area contributed by atoms with E-state index in [2.05, 4.69) is 20.0 Å². The first-order chi connectivity index (χ1) is 13.0. The van der Waals surface area contributed by atoms with Gasteiger partial charge in [0.05, 0.1) is 28.5 Å². The molecule has 0 saturated heterocycles. The highest BCUT2D eigenvalue weighted by Crippen LogP contribution is 2.22. The number of para-hydroxylation sites is 1. The Balaban J connectivity index is 1.66. The molecule has 0 saturated carbocycles. The van der Waals surface area contributed by atoms with Gasteiger partial charge >= 0.3 is 5.97 Å². The Kier molecular flexibility index (Phi) is 5.60. The second kappa shape index (κ2) is 8.09. The van der Waals surface area contributed by atoms with Crippen LogP contribution in [0, 0.1) is 13.8 Å². The number of nitrogens with zero attached hydrogens (tertiary/aromatic N) is 4. The van der Waals surface area contributed by atoms with Crippen LogP contribution in [0.2, 0.25) is 0 Å². The molecule has 3 aromatic rings. The van der Waals surface area contributed by atoms with E-state index >= 15 is 0 Å². The van der Waals surface area contributed by atoms with E-state index in [1.165, 1.54) is 0 Å². The van der Waals surface area contributed by atoms with E-state index in [4.69, 9.17) is 4.74 Å². The highest BCUT2D eigenvalue weighted by atomic mass is 32.1. The molecule has 140 valence electrons. The summed E-state index contributed by atoms with van der Waals surface area (Å²) in [5, 5.41) is 11.1. The van der Waals surface area contributed by atoms with Gasteiger partial charge in [0.15, 0.2) is 11.5 Å². The number of carbonyl (C=O) groups is 2. The second-order valence-electron chi connectivity index (χ2n) is 5.82. The van der Waals surface area contributed by atoms with E-state index < -0.39 is 18.5 Å². The molecule has 0 aliphatic heterocycles. The maximum absolute atomic E-state index is 12.2. The SMILES string of the molecule is CCc1nnsc1C(=O)OCC(=O)Nc1c(C)nn(-c2ccccc2)c1C. The lowest BCUT2D eigenvalue weighted by Crippen LogP contribution is -2.21. The average molecular weight is 385 g/mol. The van der Waals surface area contributed by atoms with Gasteiger partial charge in [0.1, 0.15) is 0 Å². The summed E-state index contributed by atoms with van der Waals surface area (Å²) in [7, 11) is 0. The summed E-state index contributed by atoms with van der Waals surface area (Å²) in [4.78, 5) is 24.6. The van der Waals surface area contributed by atoms with Gasteiger partial charge in [-0.25, -0.2) is 9.48 Å². The fourth-order valence-corrected chi connectivity index (χ4v) is 3.26. The number of amides is 1. The van der Waals surface area contributed by atoms with Crippen LogP contribution in [-0.2, 0) is 16.0 Å². The Labute approximate surface area is 160 Å². The lowest BCUT2D eigenvalue weighted by atomic mass is 10.3. The van der Waals surface area contributed by atoms with Crippen molar-refractivity contribution in [3.8, 4) is 5.69 Å². The van der Waals surface area contributed by atoms with Crippen molar-refractivity contribution < 1.29 is 14.3 Å². The number of ether oxygens (including phenoxy) is 1. The van der Waals surface area contributed by atoms with E-state index in [1.54, 1.807) is 4.68 Å². The molecule has 27 heavy (non-hydrogen) atoms. The first kappa shape index (κ1) is 18.7. The molecule has 3 rings (SSSR count). The molecule has 8 nitrogen and oxygen atoms in total. The molecule has 2 aromatic heterocycles.